The molecule has 2 unspecified atom stereocenters. The highest BCUT2D eigenvalue weighted by Gasteiger charge is 2.48. The molecule has 0 aromatic carbocycles. The van der Waals surface area contributed by atoms with Crippen LogP contribution in [0.4, 0.5) is 5.82 Å². The molecule has 1 fully saturated rings. The number of aliphatic hydroxyl groups is 2. The van der Waals surface area contributed by atoms with Crippen LogP contribution in [-0.2, 0) is 30.0 Å². The Morgan fingerprint density at radius 2 is 2.06 bits per heavy atom. The lowest BCUT2D eigenvalue weighted by Gasteiger charge is -2.17. The van der Waals surface area contributed by atoms with Crippen LogP contribution in [0.1, 0.15) is 20.1 Å². The average Bonchev–Trinajstić information content (AvgIpc) is 3.25. The van der Waals surface area contributed by atoms with Crippen LogP contribution in [0.3, 0.4) is 0 Å². The summed E-state index contributed by atoms with van der Waals surface area (Å²) in [6.45, 7) is 3.46. The Kier molecular flexibility index (Phi) is 7.30. The van der Waals surface area contributed by atoms with Crippen LogP contribution in [0.15, 0.2) is 12.7 Å². The second-order valence-corrected chi connectivity index (χ2v) is 9.44. The summed E-state index contributed by atoms with van der Waals surface area (Å²) in [5.74, 6) is -1.51. The van der Waals surface area contributed by atoms with Gasteiger partial charge < -0.3 is 30.5 Å². The van der Waals surface area contributed by atoms with Gasteiger partial charge in [-0.1, -0.05) is 0 Å². The van der Waals surface area contributed by atoms with Crippen LogP contribution < -0.4 is 5.73 Å². The van der Waals surface area contributed by atoms with Crippen LogP contribution >= 0.6 is 0 Å². The maximum atomic E-state index is 12.0. The predicted molar refractivity (Wildman–Crippen MR) is 111 cm³/mol. The monoisotopic (exact) mass is 456 g/mol. The van der Waals surface area contributed by atoms with Gasteiger partial charge >= 0.3 is 11.9 Å². The van der Waals surface area contributed by atoms with Crippen molar-refractivity contribution in [1.82, 2.24) is 19.5 Å². The normalized spacial score (nSPS) is 25.4. The molecule has 2 aromatic heterocycles. The quantitative estimate of drug-likeness (QED) is 0.266. The number of nitrogen functional groups attached to an aromatic ring is 1. The summed E-state index contributed by atoms with van der Waals surface area (Å²) in [5, 5.41) is 30.4. The third kappa shape index (κ3) is 5.06. The smallest absolute Gasteiger partial charge is 0.356 e. The third-order valence-corrected chi connectivity index (χ3v) is 7.35. The SMILES string of the molecule is CCOC(=O)C[S+](C[C@H](C)C(=O)O)C[C@H]1O[C@@H](n2cnc3c(N)ncnc32)[C@@H](O)C1O. The molecule has 1 saturated heterocycles. The van der Waals surface area contributed by atoms with Gasteiger partial charge in [-0.25, -0.2) is 19.7 Å². The lowest BCUT2D eigenvalue weighted by molar-refractivity contribution is -0.141. The van der Waals surface area contributed by atoms with E-state index >= 15 is 0 Å². The summed E-state index contributed by atoms with van der Waals surface area (Å²) in [7, 11) is -0.747. The van der Waals surface area contributed by atoms with Gasteiger partial charge in [-0.2, -0.15) is 0 Å². The predicted octanol–water partition coefficient (Wildman–Crippen LogP) is -1.07. The number of nitrogens with two attached hydrogens (primary N) is 1. The number of rotatable bonds is 9. The Morgan fingerprint density at radius 3 is 2.74 bits per heavy atom. The van der Waals surface area contributed by atoms with Crippen molar-refractivity contribution in [1.29, 1.82) is 0 Å². The molecule has 13 heteroatoms. The van der Waals surface area contributed by atoms with Crippen molar-refractivity contribution in [3.8, 4) is 0 Å². The number of ether oxygens (including phenoxy) is 2. The molecule has 1 aliphatic heterocycles. The summed E-state index contributed by atoms with van der Waals surface area (Å²) in [6.07, 6.45) is -1.69. The van der Waals surface area contributed by atoms with E-state index in [9.17, 15) is 24.9 Å². The standard InChI is InChI=1S/C18H25N5O7S/c1-3-29-11(24)6-31(4-9(2)18(27)28)5-10-13(25)14(26)17(30-10)23-8-22-12-15(19)20-7-21-16(12)23/h7-10,13-14,17,25-26H,3-6H2,1-2H3,(H2-,19,20,21,27,28)/p+1/t9-,10+,13?,14-,17+,31?/m0/s1. The van der Waals surface area contributed by atoms with E-state index in [2.05, 4.69) is 15.0 Å². The highest BCUT2D eigenvalue weighted by Crippen LogP contribution is 2.33. The van der Waals surface area contributed by atoms with Crippen LogP contribution in [0, 0.1) is 5.92 Å². The molecule has 170 valence electrons. The fourth-order valence-electron chi connectivity index (χ4n) is 3.37. The molecule has 0 radical (unpaired) electrons. The molecule has 0 bridgehead atoms. The van der Waals surface area contributed by atoms with Gasteiger partial charge in [0, 0.05) is 10.9 Å². The number of hydrogen-bond donors (Lipinski definition) is 4. The zero-order chi connectivity index (χ0) is 22.7. The molecule has 5 N–H and O–H groups in total. The van der Waals surface area contributed by atoms with Crippen LogP contribution in [0.5, 0.6) is 0 Å². The Morgan fingerprint density at radius 1 is 1.32 bits per heavy atom. The van der Waals surface area contributed by atoms with Crippen LogP contribution in [-0.4, -0.2) is 89.0 Å². The van der Waals surface area contributed by atoms with E-state index in [1.54, 1.807) is 13.8 Å². The molecular formula is C18H26N5O7S+. The van der Waals surface area contributed by atoms with Gasteiger partial charge in [-0.15, -0.1) is 0 Å². The van der Waals surface area contributed by atoms with Gasteiger partial charge in [0.25, 0.3) is 0 Å². The lowest BCUT2D eigenvalue weighted by Crippen LogP contribution is -2.39. The molecule has 1 aliphatic rings. The molecule has 6 atom stereocenters. The first-order chi connectivity index (χ1) is 14.7. The topological polar surface area (TPSA) is 183 Å². The van der Waals surface area contributed by atoms with Crippen molar-refractivity contribution in [2.24, 2.45) is 5.92 Å². The molecule has 0 saturated carbocycles. The first-order valence-corrected chi connectivity index (χ1v) is 11.4. The fraction of sp³-hybridized carbons (Fsp3) is 0.611. The number of aromatic nitrogens is 4. The summed E-state index contributed by atoms with van der Waals surface area (Å²) >= 11 is 0. The summed E-state index contributed by atoms with van der Waals surface area (Å²) in [6, 6.07) is 0. The van der Waals surface area contributed by atoms with Gasteiger partial charge in [0.2, 0.25) is 5.75 Å². The molecule has 12 nitrogen and oxygen atoms in total. The second kappa shape index (κ2) is 9.77. The van der Waals surface area contributed by atoms with Gasteiger partial charge in [-0.05, 0) is 13.8 Å². The minimum atomic E-state index is -1.29. The second-order valence-electron chi connectivity index (χ2n) is 7.26. The molecule has 0 spiro atoms. The van der Waals surface area contributed by atoms with E-state index in [0.29, 0.717) is 11.2 Å². The highest BCUT2D eigenvalue weighted by atomic mass is 32.2. The number of aliphatic hydroxyl groups excluding tert-OH is 2. The van der Waals surface area contributed by atoms with Gasteiger partial charge in [0.15, 0.2) is 17.7 Å². The number of carbonyl (C=O) groups excluding carboxylic acids is 1. The number of aliphatic carboxylic acids is 1. The highest BCUT2D eigenvalue weighted by molar-refractivity contribution is 7.97. The van der Waals surface area contributed by atoms with Crippen LogP contribution in [0.25, 0.3) is 11.2 Å². The van der Waals surface area contributed by atoms with E-state index in [1.165, 1.54) is 17.2 Å². The van der Waals surface area contributed by atoms with Crippen molar-refractivity contribution in [3.63, 3.8) is 0 Å². The van der Waals surface area contributed by atoms with Crippen molar-refractivity contribution in [2.75, 3.05) is 29.6 Å². The molecule has 31 heavy (non-hydrogen) atoms. The summed E-state index contributed by atoms with van der Waals surface area (Å²) in [5.41, 5.74) is 6.48. The summed E-state index contributed by atoms with van der Waals surface area (Å²) < 4.78 is 12.4. The van der Waals surface area contributed by atoms with Crippen LogP contribution in [0.2, 0.25) is 0 Å². The van der Waals surface area contributed by atoms with Gasteiger partial charge in [0.1, 0.15) is 41.7 Å². The average molecular weight is 457 g/mol. The van der Waals surface area contributed by atoms with E-state index in [-0.39, 0.29) is 29.7 Å². The largest absolute Gasteiger partial charge is 0.481 e. The Bertz CT molecular complexity index is 941. The molecule has 0 aliphatic carbocycles. The number of carboxylic acid groups (broad SMARTS) is 1. The van der Waals surface area contributed by atoms with Crippen molar-refractivity contribution >= 4 is 39.8 Å². The maximum Gasteiger partial charge on any atom is 0.356 e. The van der Waals surface area contributed by atoms with E-state index < -0.39 is 53.3 Å². The number of anilines is 1. The molecule has 0 amide bonds. The van der Waals surface area contributed by atoms with Crippen molar-refractivity contribution in [3.05, 3.63) is 12.7 Å². The first kappa shape index (κ1) is 23.2. The molecule has 3 heterocycles. The lowest BCUT2D eigenvalue weighted by atomic mass is 10.1. The Labute approximate surface area is 180 Å². The van der Waals surface area contributed by atoms with Crippen molar-refractivity contribution in [2.45, 2.75) is 38.4 Å². The first-order valence-electron chi connectivity index (χ1n) is 9.70. The number of fused-ring (bicyclic) bond motifs is 1. The zero-order valence-electron chi connectivity index (χ0n) is 17.1. The number of esters is 1. The van der Waals surface area contributed by atoms with E-state index in [4.69, 9.17) is 15.2 Å². The minimum absolute atomic E-state index is 0.0105. The fourth-order valence-corrected chi connectivity index (χ4v) is 5.74. The third-order valence-electron chi connectivity index (χ3n) is 4.93. The maximum absolute atomic E-state index is 12.0. The number of carbonyl (C=O) groups is 2. The molecule has 2 aromatic rings. The Hall–Kier alpha value is -2.48. The molecular weight excluding hydrogens is 430 g/mol. The van der Waals surface area contributed by atoms with Gasteiger partial charge in [0.05, 0.1) is 18.9 Å². The number of imidazole rings is 1. The Balaban J connectivity index is 1.78. The molecule has 3 rings (SSSR count). The van der Waals surface area contributed by atoms with E-state index in [0.717, 1.165) is 0 Å². The summed E-state index contributed by atoms with van der Waals surface area (Å²) in [4.78, 5) is 35.4. The van der Waals surface area contributed by atoms with E-state index in [1.807, 2.05) is 0 Å². The minimum Gasteiger partial charge on any atom is -0.481 e. The van der Waals surface area contributed by atoms with Gasteiger partial charge in [-0.3, -0.25) is 9.36 Å². The van der Waals surface area contributed by atoms with Crippen molar-refractivity contribution < 1.29 is 34.4 Å². The zero-order valence-corrected chi connectivity index (χ0v) is 17.9. The number of carboxylic acids is 1. The number of nitrogens with zero attached hydrogens (tertiary/aromatic N) is 4. The number of hydrogen-bond acceptors (Lipinski definition) is 10.